The number of piperidine rings is 1. The zero-order valence-corrected chi connectivity index (χ0v) is 11.5. The monoisotopic (exact) mass is 231 g/mol. The minimum atomic E-state index is 0.602. The maximum atomic E-state index is 4.60. The molecule has 1 saturated carbocycles. The fourth-order valence-corrected chi connectivity index (χ4v) is 2.58. The summed E-state index contributed by atoms with van der Waals surface area (Å²) in [7, 11) is 0. The predicted octanol–water partition coefficient (Wildman–Crippen LogP) is 3.68. The molecule has 1 saturated heterocycles. The van der Waals surface area contributed by atoms with Crippen LogP contribution in [-0.2, 0) is 0 Å². The van der Waals surface area contributed by atoms with Crippen molar-refractivity contribution in [2.75, 3.05) is 13.1 Å². The molecule has 0 amide bonds. The number of fused-ring (bicyclic) bond motifs is 2. The molecule has 2 fully saturated rings. The van der Waals surface area contributed by atoms with Crippen molar-refractivity contribution < 1.29 is 0 Å². The molecule has 0 atom stereocenters. The van der Waals surface area contributed by atoms with Gasteiger partial charge in [-0.05, 0) is 43.8 Å². The molecule has 1 spiro atoms. The largest absolute Gasteiger partial charge is 0.312 e. The van der Waals surface area contributed by atoms with Crippen LogP contribution in [0.2, 0.25) is 0 Å². The number of hydrogen-bond acceptors (Lipinski definition) is 1. The van der Waals surface area contributed by atoms with Gasteiger partial charge >= 0.3 is 0 Å². The Hall–Kier alpha value is -1.00. The van der Waals surface area contributed by atoms with E-state index in [2.05, 4.69) is 29.8 Å². The summed E-state index contributed by atoms with van der Waals surface area (Å²) in [5.41, 5.74) is 3.90. The van der Waals surface area contributed by atoms with Crippen molar-refractivity contribution in [2.24, 2.45) is 5.41 Å². The number of allylic oxidation sites excluding steroid dienone is 2. The summed E-state index contributed by atoms with van der Waals surface area (Å²) in [6.45, 7) is 8.00. The molecule has 17 heavy (non-hydrogen) atoms. The summed E-state index contributed by atoms with van der Waals surface area (Å²) < 4.78 is 0. The van der Waals surface area contributed by atoms with E-state index in [1.807, 2.05) is 13.8 Å². The molecule has 1 aliphatic heterocycles. The maximum absolute atomic E-state index is 4.60. The molecule has 0 aromatic carbocycles. The zero-order valence-electron chi connectivity index (χ0n) is 11.5. The van der Waals surface area contributed by atoms with Crippen molar-refractivity contribution in [2.45, 2.75) is 46.5 Å². The van der Waals surface area contributed by atoms with Gasteiger partial charge in [0.1, 0.15) is 0 Å². The zero-order chi connectivity index (χ0) is 12.7. The van der Waals surface area contributed by atoms with Gasteiger partial charge in [-0.15, -0.1) is 12.3 Å². The fourth-order valence-electron chi connectivity index (χ4n) is 2.58. The van der Waals surface area contributed by atoms with Gasteiger partial charge in [-0.25, -0.2) is 0 Å². The van der Waals surface area contributed by atoms with Crippen molar-refractivity contribution in [3.05, 3.63) is 23.3 Å². The molecule has 1 heterocycles. The van der Waals surface area contributed by atoms with Crippen molar-refractivity contribution >= 4 is 0 Å². The van der Waals surface area contributed by atoms with Crippen LogP contribution in [0, 0.1) is 17.8 Å². The van der Waals surface area contributed by atoms with Gasteiger partial charge in [-0.1, -0.05) is 26.0 Å². The first kappa shape index (κ1) is 14.1. The third kappa shape index (κ3) is 3.23. The normalized spacial score (nSPS) is 22.5. The SMILES string of the molecule is C#CC.C1=C2CNCC3(CC3)C2=CCC1.CC. The predicted molar refractivity (Wildman–Crippen MR) is 75.8 cm³/mol. The van der Waals surface area contributed by atoms with Gasteiger partial charge in [0, 0.05) is 18.5 Å². The van der Waals surface area contributed by atoms with Crippen LogP contribution in [0.1, 0.15) is 46.5 Å². The molecule has 0 unspecified atom stereocenters. The highest BCUT2D eigenvalue weighted by Crippen LogP contribution is 2.55. The first-order chi connectivity index (χ1) is 8.32. The van der Waals surface area contributed by atoms with Crippen LogP contribution in [0.15, 0.2) is 23.3 Å². The van der Waals surface area contributed by atoms with Crippen LogP contribution in [-0.4, -0.2) is 13.1 Å². The van der Waals surface area contributed by atoms with Crippen LogP contribution >= 0.6 is 0 Å². The van der Waals surface area contributed by atoms with Crippen molar-refractivity contribution in [1.29, 1.82) is 0 Å². The molecule has 3 rings (SSSR count). The second-order valence-electron chi connectivity index (χ2n) is 4.60. The van der Waals surface area contributed by atoms with E-state index in [1.165, 1.54) is 32.2 Å². The first-order valence-corrected chi connectivity index (χ1v) is 6.80. The molecule has 0 bridgehead atoms. The Morgan fingerprint density at radius 2 is 1.82 bits per heavy atom. The van der Waals surface area contributed by atoms with E-state index in [-0.39, 0.29) is 0 Å². The number of hydrogen-bond donors (Lipinski definition) is 1. The standard InChI is InChI=1S/C11H15N.C3H4.C2H6/c1-2-4-10-9(3-1)7-12-8-11(10)5-6-11;1-3-2;1-2/h3-4,12H,1-2,5-8H2;1H,2H3;1-2H3. The summed E-state index contributed by atoms with van der Waals surface area (Å²) in [5, 5.41) is 3.53. The minimum Gasteiger partial charge on any atom is -0.312 e. The van der Waals surface area contributed by atoms with E-state index in [1.54, 1.807) is 18.1 Å². The highest BCUT2D eigenvalue weighted by atomic mass is 14.9. The second-order valence-corrected chi connectivity index (χ2v) is 4.60. The Kier molecular flexibility index (Phi) is 5.51. The number of rotatable bonds is 0. The Bertz CT molecular complexity index is 337. The van der Waals surface area contributed by atoms with Crippen LogP contribution in [0.3, 0.4) is 0 Å². The van der Waals surface area contributed by atoms with E-state index in [9.17, 15) is 0 Å². The minimum absolute atomic E-state index is 0.602. The Balaban J connectivity index is 0.000000256. The molecule has 1 heteroatoms. The topological polar surface area (TPSA) is 12.0 Å². The Morgan fingerprint density at radius 1 is 1.24 bits per heavy atom. The average Bonchev–Trinajstić information content (AvgIpc) is 3.14. The molecule has 94 valence electrons. The van der Waals surface area contributed by atoms with E-state index in [0.29, 0.717) is 5.41 Å². The molecule has 1 N–H and O–H groups in total. The average molecular weight is 231 g/mol. The van der Waals surface area contributed by atoms with Gasteiger partial charge in [0.2, 0.25) is 0 Å². The molecule has 3 aliphatic rings. The summed E-state index contributed by atoms with van der Waals surface area (Å²) in [4.78, 5) is 0. The van der Waals surface area contributed by atoms with E-state index >= 15 is 0 Å². The summed E-state index contributed by atoms with van der Waals surface area (Å²) in [6, 6.07) is 0. The molecular weight excluding hydrogens is 206 g/mol. The van der Waals surface area contributed by atoms with Crippen molar-refractivity contribution in [3.8, 4) is 12.3 Å². The van der Waals surface area contributed by atoms with Gasteiger partial charge in [-0.3, -0.25) is 0 Å². The van der Waals surface area contributed by atoms with Crippen LogP contribution in [0.25, 0.3) is 0 Å². The molecule has 0 aromatic rings. The molecule has 0 radical (unpaired) electrons. The van der Waals surface area contributed by atoms with Crippen LogP contribution in [0.4, 0.5) is 0 Å². The summed E-state index contributed by atoms with van der Waals surface area (Å²) in [5.74, 6) is 2.25. The van der Waals surface area contributed by atoms with Crippen LogP contribution in [0.5, 0.6) is 0 Å². The highest BCUT2D eigenvalue weighted by molar-refractivity contribution is 5.45. The third-order valence-electron chi connectivity index (χ3n) is 3.46. The second kappa shape index (κ2) is 6.67. The summed E-state index contributed by atoms with van der Waals surface area (Å²) >= 11 is 0. The lowest BCUT2D eigenvalue weighted by molar-refractivity contribution is 0.498. The lowest BCUT2D eigenvalue weighted by atomic mass is 9.82. The maximum Gasteiger partial charge on any atom is 0.0205 e. The van der Waals surface area contributed by atoms with Crippen molar-refractivity contribution in [3.63, 3.8) is 0 Å². The Morgan fingerprint density at radius 3 is 2.41 bits per heavy atom. The van der Waals surface area contributed by atoms with Gasteiger partial charge in [0.15, 0.2) is 0 Å². The first-order valence-electron chi connectivity index (χ1n) is 6.80. The van der Waals surface area contributed by atoms with Gasteiger partial charge in [0.05, 0.1) is 0 Å². The van der Waals surface area contributed by atoms with E-state index in [4.69, 9.17) is 0 Å². The highest BCUT2D eigenvalue weighted by Gasteiger charge is 2.48. The molecule has 1 nitrogen and oxygen atoms in total. The van der Waals surface area contributed by atoms with Gasteiger partial charge in [-0.2, -0.15) is 0 Å². The molecular formula is C16H25N. The summed E-state index contributed by atoms with van der Waals surface area (Å²) in [6.07, 6.45) is 14.9. The van der Waals surface area contributed by atoms with Crippen LogP contribution < -0.4 is 5.32 Å². The van der Waals surface area contributed by atoms with Crippen molar-refractivity contribution in [1.82, 2.24) is 5.32 Å². The van der Waals surface area contributed by atoms with E-state index < -0.39 is 0 Å². The molecule has 0 aromatic heterocycles. The quantitative estimate of drug-likeness (QED) is 0.627. The van der Waals surface area contributed by atoms with Gasteiger partial charge < -0.3 is 5.32 Å². The van der Waals surface area contributed by atoms with E-state index in [0.717, 1.165) is 6.54 Å². The number of terminal acetylenes is 1. The fraction of sp³-hybridized carbons (Fsp3) is 0.625. The third-order valence-corrected chi connectivity index (χ3v) is 3.46. The lowest BCUT2D eigenvalue weighted by Gasteiger charge is -2.30. The molecule has 2 aliphatic carbocycles. The lowest BCUT2D eigenvalue weighted by Crippen LogP contribution is -2.35. The number of nitrogens with one attached hydrogen (secondary N) is 1. The smallest absolute Gasteiger partial charge is 0.0205 e. The van der Waals surface area contributed by atoms with Gasteiger partial charge in [0.25, 0.3) is 0 Å². The Labute approximate surface area is 106 Å².